The molecule has 1 aromatic rings. The summed E-state index contributed by atoms with van der Waals surface area (Å²) in [7, 11) is 0. The van der Waals surface area contributed by atoms with Crippen molar-refractivity contribution in [3.8, 4) is 5.75 Å². The van der Waals surface area contributed by atoms with E-state index in [0.29, 0.717) is 39.6 Å². The van der Waals surface area contributed by atoms with Gasteiger partial charge in [-0.25, -0.2) is 0 Å². The third-order valence-electron chi connectivity index (χ3n) is 5.89. The van der Waals surface area contributed by atoms with Crippen molar-refractivity contribution in [1.82, 2.24) is 0 Å². The van der Waals surface area contributed by atoms with E-state index in [1.54, 1.807) is 0 Å². The molecule has 0 amide bonds. The lowest BCUT2D eigenvalue weighted by Crippen LogP contribution is -2.12. The zero-order valence-electron chi connectivity index (χ0n) is 23.6. The molecule has 0 atom stereocenters. The Bertz CT molecular complexity index is 466. The summed E-state index contributed by atoms with van der Waals surface area (Å²) < 4.78 is 21.3. The van der Waals surface area contributed by atoms with Gasteiger partial charge in [-0.1, -0.05) is 128 Å². The highest BCUT2D eigenvalue weighted by Gasteiger charge is 1.94. The van der Waals surface area contributed by atoms with Crippen LogP contribution in [0.5, 0.6) is 5.75 Å². The molecule has 0 N–H and O–H groups in total. The third-order valence-corrected chi connectivity index (χ3v) is 5.89. The van der Waals surface area contributed by atoms with E-state index < -0.39 is 0 Å². The molecule has 35 heavy (non-hydrogen) atoms. The first-order valence-corrected chi connectivity index (χ1v) is 14.8. The Balaban J connectivity index is 0.000000662. The smallest absolute Gasteiger partial charge is 0.119 e. The minimum absolute atomic E-state index is 0.558. The van der Waals surface area contributed by atoms with Crippen LogP contribution in [0.4, 0.5) is 0 Å². The van der Waals surface area contributed by atoms with E-state index in [1.807, 2.05) is 37.3 Å². The standard InChI is InChI=1S/C17H36.C14H22O4/c1-3-5-7-9-11-13-15-17-16-14-12-10-8-6-4-2;1-2-15-8-9-16-10-11-17-12-13-18-14-6-4-3-5-7-14/h3-17H2,1-2H3;3-7H,2,8-13H2,1H3. The Labute approximate surface area is 218 Å². The van der Waals surface area contributed by atoms with Crippen molar-refractivity contribution in [2.24, 2.45) is 0 Å². The Hall–Kier alpha value is -1.10. The van der Waals surface area contributed by atoms with Crippen molar-refractivity contribution < 1.29 is 18.9 Å². The van der Waals surface area contributed by atoms with Crippen molar-refractivity contribution in [1.29, 1.82) is 0 Å². The maximum atomic E-state index is 5.48. The van der Waals surface area contributed by atoms with E-state index in [9.17, 15) is 0 Å². The maximum Gasteiger partial charge on any atom is 0.119 e. The van der Waals surface area contributed by atoms with Crippen molar-refractivity contribution in [2.75, 3.05) is 46.2 Å². The van der Waals surface area contributed by atoms with Crippen LogP contribution in [0.15, 0.2) is 30.3 Å². The summed E-state index contributed by atoms with van der Waals surface area (Å²) >= 11 is 0. The summed E-state index contributed by atoms with van der Waals surface area (Å²) in [5, 5.41) is 0. The fourth-order valence-electron chi connectivity index (χ4n) is 3.76. The molecule has 206 valence electrons. The molecule has 0 aliphatic rings. The average molecular weight is 495 g/mol. The molecular formula is C31H58O4. The number of rotatable bonds is 25. The van der Waals surface area contributed by atoms with Gasteiger partial charge in [-0.15, -0.1) is 0 Å². The number of para-hydroxylation sites is 1. The van der Waals surface area contributed by atoms with Crippen LogP contribution in [-0.4, -0.2) is 46.2 Å². The lowest BCUT2D eigenvalue weighted by molar-refractivity contribution is 0.0114. The van der Waals surface area contributed by atoms with Crippen molar-refractivity contribution in [3.63, 3.8) is 0 Å². The number of benzene rings is 1. The second-order valence-corrected chi connectivity index (χ2v) is 9.18. The average Bonchev–Trinajstić information content (AvgIpc) is 2.89. The monoisotopic (exact) mass is 494 g/mol. The molecule has 0 heterocycles. The molecule has 0 aliphatic carbocycles. The van der Waals surface area contributed by atoms with Crippen LogP contribution in [0.2, 0.25) is 0 Å². The number of hydrogen-bond donors (Lipinski definition) is 0. The topological polar surface area (TPSA) is 36.9 Å². The van der Waals surface area contributed by atoms with E-state index in [2.05, 4.69) is 13.8 Å². The number of hydrogen-bond acceptors (Lipinski definition) is 4. The second-order valence-electron chi connectivity index (χ2n) is 9.18. The largest absolute Gasteiger partial charge is 0.491 e. The van der Waals surface area contributed by atoms with Crippen molar-refractivity contribution in [2.45, 2.75) is 117 Å². The van der Waals surface area contributed by atoms with Gasteiger partial charge in [0.05, 0.1) is 33.0 Å². The Morgan fingerprint density at radius 1 is 0.429 bits per heavy atom. The normalized spacial score (nSPS) is 10.7. The first-order valence-electron chi connectivity index (χ1n) is 14.8. The molecule has 0 radical (unpaired) electrons. The van der Waals surface area contributed by atoms with Gasteiger partial charge in [0.2, 0.25) is 0 Å². The Morgan fingerprint density at radius 3 is 1.20 bits per heavy atom. The first-order chi connectivity index (χ1) is 17.3. The van der Waals surface area contributed by atoms with Crippen LogP contribution in [0.25, 0.3) is 0 Å². The maximum absolute atomic E-state index is 5.48. The quantitative estimate of drug-likeness (QED) is 0.127. The zero-order chi connectivity index (χ0) is 25.5. The first kappa shape index (κ1) is 33.9. The highest BCUT2D eigenvalue weighted by molar-refractivity contribution is 5.20. The molecule has 4 nitrogen and oxygen atoms in total. The van der Waals surface area contributed by atoms with Gasteiger partial charge in [0.15, 0.2) is 0 Å². The van der Waals surface area contributed by atoms with E-state index in [-0.39, 0.29) is 0 Å². The molecule has 0 saturated heterocycles. The molecule has 0 fully saturated rings. The zero-order valence-corrected chi connectivity index (χ0v) is 23.6. The summed E-state index contributed by atoms with van der Waals surface area (Å²) in [6, 6.07) is 9.71. The number of ether oxygens (including phenoxy) is 4. The lowest BCUT2D eigenvalue weighted by atomic mass is 10.0. The van der Waals surface area contributed by atoms with Crippen molar-refractivity contribution in [3.05, 3.63) is 30.3 Å². The Kier molecular flexibility index (Phi) is 30.0. The van der Waals surface area contributed by atoms with Crippen LogP contribution in [0.3, 0.4) is 0 Å². The van der Waals surface area contributed by atoms with Crippen LogP contribution in [0, 0.1) is 0 Å². The molecule has 0 bridgehead atoms. The molecule has 0 saturated carbocycles. The fraction of sp³-hybridized carbons (Fsp3) is 0.806. The minimum atomic E-state index is 0.558. The van der Waals surface area contributed by atoms with Gasteiger partial charge in [0.25, 0.3) is 0 Å². The van der Waals surface area contributed by atoms with Crippen LogP contribution in [0.1, 0.15) is 117 Å². The molecular weight excluding hydrogens is 436 g/mol. The lowest BCUT2D eigenvalue weighted by Gasteiger charge is -2.07. The second kappa shape index (κ2) is 30.9. The fourth-order valence-corrected chi connectivity index (χ4v) is 3.76. The predicted molar refractivity (Wildman–Crippen MR) is 151 cm³/mol. The summed E-state index contributed by atoms with van der Waals surface area (Å²) in [5.74, 6) is 0.870. The highest BCUT2D eigenvalue weighted by Crippen LogP contribution is 2.13. The van der Waals surface area contributed by atoms with Gasteiger partial charge < -0.3 is 18.9 Å². The molecule has 1 aromatic carbocycles. The molecule has 0 aromatic heterocycles. The van der Waals surface area contributed by atoms with Crippen LogP contribution in [-0.2, 0) is 14.2 Å². The molecule has 0 unspecified atom stereocenters. The summed E-state index contributed by atoms with van der Waals surface area (Å²) in [4.78, 5) is 0. The van der Waals surface area contributed by atoms with Gasteiger partial charge >= 0.3 is 0 Å². The van der Waals surface area contributed by atoms with Gasteiger partial charge in [-0.3, -0.25) is 0 Å². The van der Waals surface area contributed by atoms with Gasteiger partial charge in [-0.05, 0) is 19.1 Å². The Morgan fingerprint density at radius 2 is 0.800 bits per heavy atom. The molecule has 0 aliphatic heterocycles. The third kappa shape index (κ3) is 29.0. The van der Waals surface area contributed by atoms with Gasteiger partial charge in [0.1, 0.15) is 12.4 Å². The summed E-state index contributed by atoms with van der Waals surface area (Å²) in [6.45, 7) is 10.9. The van der Waals surface area contributed by atoms with Crippen molar-refractivity contribution >= 4 is 0 Å². The number of unbranched alkanes of at least 4 members (excludes halogenated alkanes) is 14. The predicted octanol–water partition coefficient (Wildman–Crippen LogP) is 9.01. The van der Waals surface area contributed by atoms with E-state index in [4.69, 9.17) is 18.9 Å². The summed E-state index contributed by atoms with van der Waals surface area (Å²) in [5.41, 5.74) is 0. The summed E-state index contributed by atoms with van der Waals surface area (Å²) in [6.07, 6.45) is 21.9. The highest BCUT2D eigenvalue weighted by atomic mass is 16.6. The molecule has 0 spiro atoms. The molecule has 4 heteroatoms. The van der Waals surface area contributed by atoms with E-state index in [0.717, 1.165) is 12.4 Å². The van der Waals surface area contributed by atoms with Gasteiger partial charge in [-0.2, -0.15) is 0 Å². The minimum Gasteiger partial charge on any atom is -0.491 e. The SMILES string of the molecule is CCCCCCCCCCCCCCCCC.CCOCCOCCOCCOc1ccccc1. The van der Waals surface area contributed by atoms with E-state index >= 15 is 0 Å². The van der Waals surface area contributed by atoms with Crippen LogP contribution >= 0.6 is 0 Å². The van der Waals surface area contributed by atoms with Crippen LogP contribution < -0.4 is 4.74 Å². The van der Waals surface area contributed by atoms with E-state index in [1.165, 1.54) is 96.3 Å². The van der Waals surface area contributed by atoms with Gasteiger partial charge in [0, 0.05) is 6.61 Å². The molecule has 1 rings (SSSR count).